The van der Waals surface area contributed by atoms with E-state index < -0.39 is 0 Å². The zero-order chi connectivity index (χ0) is 12.1. The highest BCUT2D eigenvalue weighted by Gasteiger charge is 2.25. The van der Waals surface area contributed by atoms with Gasteiger partial charge in [0.2, 0.25) is 0 Å². The second-order valence-corrected chi connectivity index (χ2v) is 5.90. The van der Waals surface area contributed by atoms with Gasteiger partial charge < -0.3 is 5.32 Å². The van der Waals surface area contributed by atoms with Gasteiger partial charge in [-0.1, -0.05) is 50.5 Å². The average molecular weight is 231 g/mol. The normalized spacial score (nSPS) is 19.2. The van der Waals surface area contributed by atoms with E-state index in [0.29, 0.717) is 5.41 Å². The molecule has 0 unspecified atom stereocenters. The van der Waals surface area contributed by atoms with E-state index in [4.69, 9.17) is 0 Å². The Hall–Kier alpha value is -0.820. The van der Waals surface area contributed by atoms with E-state index in [2.05, 4.69) is 43.4 Å². The fourth-order valence-electron chi connectivity index (χ4n) is 2.89. The Balaban J connectivity index is 1.81. The molecule has 0 atom stereocenters. The van der Waals surface area contributed by atoms with E-state index in [1.54, 1.807) is 0 Å². The Morgan fingerprint density at radius 1 is 1.12 bits per heavy atom. The van der Waals surface area contributed by atoms with Crippen LogP contribution in [0.25, 0.3) is 0 Å². The Morgan fingerprint density at radius 3 is 2.53 bits per heavy atom. The molecule has 0 radical (unpaired) electrons. The lowest BCUT2D eigenvalue weighted by Gasteiger charge is -2.33. The number of hydrogen-bond acceptors (Lipinski definition) is 1. The van der Waals surface area contributed by atoms with E-state index in [1.165, 1.54) is 49.8 Å². The molecule has 17 heavy (non-hydrogen) atoms. The summed E-state index contributed by atoms with van der Waals surface area (Å²) in [7, 11) is 0. The van der Waals surface area contributed by atoms with Crippen molar-refractivity contribution in [2.75, 3.05) is 6.54 Å². The maximum absolute atomic E-state index is 3.65. The molecular formula is C16H25N. The molecule has 0 spiro atoms. The van der Waals surface area contributed by atoms with Gasteiger partial charge >= 0.3 is 0 Å². The minimum atomic E-state index is 0.543. The molecule has 1 saturated carbocycles. The number of hydrogen-bond donors (Lipinski definition) is 1. The van der Waals surface area contributed by atoms with Crippen LogP contribution in [0.1, 0.15) is 50.2 Å². The standard InChI is InChI=1S/C16H25N/c1-14-8-4-5-9-15(14)12-17-13-16(2)10-6-3-7-11-16/h4-5,8-9,17H,3,6-7,10-13H2,1-2H3. The molecule has 1 aromatic rings. The third-order valence-electron chi connectivity index (χ3n) is 4.19. The van der Waals surface area contributed by atoms with Gasteiger partial charge in [0, 0.05) is 13.1 Å². The molecule has 94 valence electrons. The van der Waals surface area contributed by atoms with Crippen molar-refractivity contribution in [2.24, 2.45) is 5.41 Å². The van der Waals surface area contributed by atoms with Crippen LogP contribution in [-0.2, 0) is 6.54 Å². The Kier molecular flexibility index (Phi) is 4.22. The summed E-state index contributed by atoms with van der Waals surface area (Å²) >= 11 is 0. The van der Waals surface area contributed by atoms with Crippen molar-refractivity contribution >= 4 is 0 Å². The second-order valence-electron chi connectivity index (χ2n) is 5.90. The molecule has 1 fully saturated rings. The first-order valence-electron chi connectivity index (χ1n) is 6.95. The van der Waals surface area contributed by atoms with Crippen LogP contribution >= 0.6 is 0 Å². The fourth-order valence-corrected chi connectivity index (χ4v) is 2.89. The van der Waals surface area contributed by atoms with E-state index in [0.717, 1.165) is 6.54 Å². The van der Waals surface area contributed by atoms with Crippen molar-refractivity contribution in [3.8, 4) is 0 Å². The molecule has 0 bridgehead atoms. The molecule has 0 aromatic heterocycles. The Morgan fingerprint density at radius 2 is 1.82 bits per heavy atom. The summed E-state index contributed by atoms with van der Waals surface area (Å²) in [5.41, 5.74) is 3.38. The fraction of sp³-hybridized carbons (Fsp3) is 0.625. The summed E-state index contributed by atoms with van der Waals surface area (Å²) < 4.78 is 0. The molecule has 1 aliphatic rings. The molecule has 1 heteroatoms. The Bertz CT molecular complexity index is 350. The van der Waals surface area contributed by atoms with Gasteiger partial charge in [0.1, 0.15) is 0 Å². The van der Waals surface area contributed by atoms with E-state index >= 15 is 0 Å². The molecule has 1 nitrogen and oxygen atoms in total. The molecule has 0 aliphatic heterocycles. The van der Waals surface area contributed by atoms with E-state index in [9.17, 15) is 0 Å². The predicted molar refractivity (Wildman–Crippen MR) is 74.1 cm³/mol. The highest BCUT2D eigenvalue weighted by molar-refractivity contribution is 5.25. The van der Waals surface area contributed by atoms with Gasteiger partial charge in [-0.3, -0.25) is 0 Å². The molecule has 0 amide bonds. The summed E-state index contributed by atoms with van der Waals surface area (Å²) in [5, 5.41) is 3.65. The topological polar surface area (TPSA) is 12.0 Å². The van der Waals surface area contributed by atoms with Gasteiger partial charge in [-0.05, 0) is 36.3 Å². The lowest BCUT2D eigenvalue weighted by atomic mass is 9.76. The number of aryl methyl sites for hydroxylation is 1. The van der Waals surface area contributed by atoms with Crippen LogP contribution in [0.4, 0.5) is 0 Å². The van der Waals surface area contributed by atoms with Crippen LogP contribution < -0.4 is 5.32 Å². The van der Waals surface area contributed by atoms with Gasteiger partial charge in [-0.15, -0.1) is 0 Å². The summed E-state index contributed by atoms with van der Waals surface area (Å²) in [4.78, 5) is 0. The Labute approximate surface area is 106 Å². The first-order chi connectivity index (χ1) is 8.20. The average Bonchev–Trinajstić information content (AvgIpc) is 2.32. The highest BCUT2D eigenvalue weighted by Crippen LogP contribution is 2.34. The van der Waals surface area contributed by atoms with Gasteiger partial charge in [0.15, 0.2) is 0 Å². The number of benzene rings is 1. The van der Waals surface area contributed by atoms with Gasteiger partial charge in [-0.2, -0.15) is 0 Å². The highest BCUT2D eigenvalue weighted by atomic mass is 14.9. The first-order valence-corrected chi connectivity index (χ1v) is 6.95. The monoisotopic (exact) mass is 231 g/mol. The predicted octanol–water partition coefficient (Wildman–Crippen LogP) is 4.06. The molecular weight excluding hydrogens is 206 g/mol. The van der Waals surface area contributed by atoms with E-state index in [-0.39, 0.29) is 0 Å². The quantitative estimate of drug-likeness (QED) is 0.824. The SMILES string of the molecule is Cc1ccccc1CNCC1(C)CCCCC1. The van der Waals surface area contributed by atoms with Crippen molar-refractivity contribution in [2.45, 2.75) is 52.5 Å². The van der Waals surface area contributed by atoms with Crippen molar-refractivity contribution in [1.29, 1.82) is 0 Å². The van der Waals surface area contributed by atoms with Gasteiger partial charge in [0.05, 0.1) is 0 Å². The van der Waals surface area contributed by atoms with Crippen molar-refractivity contribution in [3.05, 3.63) is 35.4 Å². The maximum Gasteiger partial charge on any atom is 0.0208 e. The summed E-state index contributed by atoms with van der Waals surface area (Å²) in [5.74, 6) is 0. The maximum atomic E-state index is 3.65. The van der Waals surface area contributed by atoms with Crippen molar-refractivity contribution in [3.63, 3.8) is 0 Å². The lowest BCUT2D eigenvalue weighted by molar-refractivity contribution is 0.207. The number of nitrogens with one attached hydrogen (secondary N) is 1. The van der Waals surface area contributed by atoms with Crippen LogP contribution in [-0.4, -0.2) is 6.54 Å². The first kappa shape index (κ1) is 12.6. The van der Waals surface area contributed by atoms with Gasteiger partial charge in [0.25, 0.3) is 0 Å². The smallest absolute Gasteiger partial charge is 0.0208 e. The minimum Gasteiger partial charge on any atom is -0.312 e. The molecule has 0 heterocycles. The zero-order valence-corrected chi connectivity index (χ0v) is 11.3. The second kappa shape index (κ2) is 5.68. The van der Waals surface area contributed by atoms with Crippen LogP contribution in [0, 0.1) is 12.3 Å². The van der Waals surface area contributed by atoms with Gasteiger partial charge in [-0.25, -0.2) is 0 Å². The molecule has 1 aliphatic carbocycles. The van der Waals surface area contributed by atoms with Crippen molar-refractivity contribution < 1.29 is 0 Å². The van der Waals surface area contributed by atoms with E-state index in [1.807, 2.05) is 0 Å². The molecule has 2 rings (SSSR count). The zero-order valence-electron chi connectivity index (χ0n) is 11.3. The lowest BCUT2D eigenvalue weighted by Crippen LogP contribution is -2.33. The number of rotatable bonds is 4. The summed E-state index contributed by atoms with van der Waals surface area (Å²) in [6, 6.07) is 8.67. The molecule has 1 N–H and O–H groups in total. The minimum absolute atomic E-state index is 0.543. The van der Waals surface area contributed by atoms with Crippen LogP contribution in [0.15, 0.2) is 24.3 Å². The van der Waals surface area contributed by atoms with Crippen LogP contribution in [0.2, 0.25) is 0 Å². The van der Waals surface area contributed by atoms with Crippen molar-refractivity contribution in [1.82, 2.24) is 5.32 Å². The third-order valence-corrected chi connectivity index (χ3v) is 4.19. The molecule has 1 aromatic carbocycles. The van der Waals surface area contributed by atoms with Crippen LogP contribution in [0.5, 0.6) is 0 Å². The molecule has 0 saturated heterocycles. The summed E-state index contributed by atoms with van der Waals surface area (Å²) in [6.45, 7) is 6.82. The largest absolute Gasteiger partial charge is 0.312 e. The summed E-state index contributed by atoms with van der Waals surface area (Å²) in [6.07, 6.45) is 7.07. The van der Waals surface area contributed by atoms with Crippen LogP contribution in [0.3, 0.4) is 0 Å². The third kappa shape index (κ3) is 3.57.